The molecule has 0 radical (unpaired) electrons. The monoisotopic (exact) mass is 266 g/mol. The molecule has 98 valence electrons. The van der Waals surface area contributed by atoms with Gasteiger partial charge < -0.3 is 9.51 Å². The number of aromatic nitrogens is 2. The van der Waals surface area contributed by atoms with Gasteiger partial charge in [0.15, 0.2) is 5.69 Å². The third kappa shape index (κ3) is 2.05. The summed E-state index contributed by atoms with van der Waals surface area (Å²) in [5, 5.41) is 3.66. The number of hydrogen-bond donors (Lipinski definition) is 1. The minimum Gasteiger partial charge on any atom is -0.363 e. The zero-order chi connectivity index (χ0) is 13.9. The Bertz CT molecular complexity index is 743. The fourth-order valence-electron chi connectivity index (χ4n) is 1.90. The number of benzene rings is 1. The average molecular weight is 266 g/mol. The first-order chi connectivity index (χ1) is 9.77. The molecule has 1 N–H and O–H groups in total. The number of rotatable bonds is 4. The van der Waals surface area contributed by atoms with Crippen LogP contribution in [0.25, 0.3) is 0 Å². The molecule has 1 aromatic carbocycles. The standard InChI is InChI=1S/C15H10N2O3/c18-14(10-5-2-1-3-6-10)13-11(9-20-17-13)15(19)12-7-4-8-16-12/h1-9,16H. The molecule has 2 heterocycles. The van der Waals surface area contributed by atoms with Gasteiger partial charge in [-0.25, -0.2) is 0 Å². The zero-order valence-corrected chi connectivity index (χ0v) is 10.4. The van der Waals surface area contributed by atoms with Gasteiger partial charge in [0.25, 0.3) is 0 Å². The number of aromatic amines is 1. The maximum Gasteiger partial charge on any atom is 0.215 e. The molecule has 0 aliphatic heterocycles. The fourth-order valence-corrected chi connectivity index (χ4v) is 1.90. The summed E-state index contributed by atoms with van der Waals surface area (Å²) in [4.78, 5) is 27.4. The van der Waals surface area contributed by atoms with Crippen LogP contribution in [0.4, 0.5) is 0 Å². The van der Waals surface area contributed by atoms with Crippen molar-refractivity contribution in [3.05, 3.63) is 77.4 Å². The van der Waals surface area contributed by atoms with E-state index < -0.39 is 0 Å². The van der Waals surface area contributed by atoms with Crippen LogP contribution in [0.1, 0.15) is 32.1 Å². The van der Waals surface area contributed by atoms with E-state index in [-0.39, 0.29) is 22.8 Å². The molecule has 5 nitrogen and oxygen atoms in total. The molecular formula is C15H10N2O3. The van der Waals surface area contributed by atoms with E-state index in [1.165, 1.54) is 6.26 Å². The zero-order valence-electron chi connectivity index (χ0n) is 10.4. The minimum atomic E-state index is -0.339. The summed E-state index contributed by atoms with van der Waals surface area (Å²) in [7, 11) is 0. The second kappa shape index (κ2) is 4.97. The summed E-state index contributed by atoms with van der Waals surface area (Å²) < 4.78 is 4.80. The Kier molecular flexibility index (Phi) is 3.01. The van der Waals surface area contributed by atoms with Crippen LogP contribution in [0.5, 0.6) is 0 Å². The van der Waals surface area contributed by atoms with Crippen molar-refractivity contribution >= 4 is 11.6 Å². The number of ketones is 2. The Morgan fingerprint density at radius 1 is 1.00 bits per heavy atom. The summed E-state index contributed by atoms with van der Waals surface area (Å²) in [5.41, 5.74) is 1.02. The third-order valence-corrected chi connectivity index (χ3v) is 2.91. The van der Waals surface area contributed by atoms with Crippen molar-refractivity contribution in [2.45, 2.75) is 0 Å². The van der Waals surface area contributed by atoms with E-state index in [9.17, 15) is 9.59 Å². The predicted molar refractivity (Wildman–Crippen MR) is 70.6 cm³/mol. The second-order valence-electron chi connectivity index (χ2n) is 4.18. The van der Waals surface area contributed by atoms with E-state index in [0.717, 1.165) is 0 Å². The van der Waals surface area contributed by atoms with Gasteiger partial charge in [-0.15, -0.1) is 0 Å². The molecule has 0 fully saturated rings. The molecule has 0 aliphatic carbocycles. The highest BCUT2D eigenvalue weighted by molar-refractivity contribution is 6.17. The molecule has 0 aliphatic rings. The van der Waals surface area contributed by atoms with Gasteiger partial charge in [-0.2, -0.15) is 0 Å². The lowest BCUT2D eigenvalue weighted by atomic mass is 10.0. The molecule has 0 bridgehead atoms. The van der Waals surface area contributed by atoms with Crippen LogP contribution in [0.2, 0.25) is 0 Å². The smallest absolute Gasteiger partial charge is 0.215 e. The Hall–Kier alpha value is -2.95. The van der Waals surface area contributed by atoms with Crippen molar-refractivity contribution < 1.29 is 14.1 Å². The van der Waals surface area contributed by atoms with Crippen molar-refractivity contribution in [2.24, 2.45) is 0 Å². The molecule has 0 saturated heterocycles. The van der Waals surface area contributed by atoms with Crippen LogP contribution in [-0.2, 0) is 0 Å². The van der Waals surface area contributed by atoms with Gasteiger partial charge in [-0.1, -0.05) is 35.5 Å². The van der Waals surface area contributed by atoms with Gasteiger partial charge in [0.1, 0.15) is 6.26 Å². The van der Waals surface area contributed by atoms with E-state index >= 15 is 0 Å². The first-order valence-corrected chi connectivity index (χ1v) is 5.99. The SMILES string of the molecule is O=C(c1ccc[nH]1)c1conc1C(=O)c1ccccc1. The molecule has 20 heavy (non-hydrogen) atoms. The van der Waals surface area contributed by atoms with Crippen LogP contribution in [0.3, 0.4) is 0 Å². The molecule has 5 heteroatoms. The molecule has 0 atom stereocenters. The maximum absolute atomic E-state index is 12.3. The van der Waals surface area contributed by atoms with Crippen LogP contribution in [0, 0.1) is 0 Å². The first-order valence-electron chi connectivity index (χ1n) is 5.99. The normalized spacial score (nSPS) is 10.4. The third-order valence-electron chi connectivity index (χ3n) is 2.91. The van der Waals surface area contributed by atoms with E-state index in [1.54, 1.807) is 42.6 Å². The topological polar surface area (TPSA) is 76.0 Å². The minimum absolute atomic E-state index is 0.0239. The lowest BCUT2D eigenvalue weighted by molar-refractivity contribution is 0.0998. The highest BCUT2D eigenvalue weighted by Gasteiger charge is 2.24. The Morgan fingerprint density at radius 2 is 1.80 bits per heavy atom. The summed E-state index contributed by atoms with van der Waals surface area (Å²) in [6.45, 7) is 0. The predicted octanol–water partition coefficient (Wildman–Crippen LogP) is 2.46. The van der Waals surface area contributed by atoms with Crippen molar-refractivity contribution in [3.8, 4) is 0 Å². The number of carbonyl (C=O) groups excluding carboxylic acids is 2. The van der Waals surface area contributed by atoms with Gasteiger partial charge in [0.2, 0.25) is 11.6 Å². The van der Waals surface area contributed by atoms with Gasteiger partial charge >= 0.3 is 0 Å². The van der Waals surface area contributed by atoms with Crippen LogP contribution in [0.15, 0.2) is 59.4 Å². The summed E-state index contributed by atoms with van der Waals surface area (Å²) in [6, 6.07) is 12.0. The van der Waals surface area contributed by atoms with Gasteiger partial charge in [-0.05, 0) is 12.1 Å². The van der Waals surface area contributed by atoms with Crippen molar-refractivity contribution in [1.82, 2.24) is 10.1 Å². The summed E-state index contributed by atoms with van der Waals surface area (Å²) in [5.74, 6) is -0.662. The quantitative estimate of drug-likeness (QED) is 0.736. The summed E-state index contributed by atoms with van der Waals surface area (Å²) >= 11 is 0. The van der Waals surface area contributed by atoms with Crippen molar-refractivity contribution in [3.63, 3.8) is 0 Å². The summed E-state index contributed by atoms with van der Waals surface area (Å²) in [6.07, 6.45) is 2.83. The molecule has 0 unspecified atom stereocenters. The molecule has 0 spiro atoms. The van der Waals surface area contributed by atoms with Gasteiger partial charge in [0.05, 0.1) is 11.3 Å². The van der Waals surface area contributed by atoms with E-state index in [0.29, 0.717) is 11.3 Å². The molecule has 2 aromatic heterocycles. The highest BCUT2D eigenvalue weighted by Crippen LogP contribution is 2.16. The first kappa shape index (κ1) is 12.1. The lowest BCUT2D eigenvalue weighted by Crippen LogP contribution is -2.10. The second-order valence-corrected chi connectivity index (χ2v) is 4.18. The molecule has 0 saturated carbocycles. The highest BCUT2D eigenvalue weighted by atomic mass is 16.5. The van der Waals surface area contributed by atoms with Crippen molar-refractivity contribution in [2.75, 3.05) is 0 Å². The van der Waals surface area contributed by atoms with Crippen LogP contribution in [-0.4, -0.2) is 21.7 Å². The number of nitrogens with one attached hydrogen (secondary N) is 1. The van der Waals surface area contributed by atoms with Crippen molar-refractivity contribution in [1.29, 1.82) is 0 Å². The van der Waals surface area contributed by atoms with Gasteiger partial charge in [0, 0.05) is 11.8 Å². The molecular weight excluding hydrogens is 256 g/mol. The Morgan fingerprint density at radius 3 is 2.50 bits per heavy atom. The molecule has 0 amide bonds. The number of carbonyl (C=O) groups is 2. The van der Waals surface area contributed by atoms with Crippen LogP contribution < -0.4 is 0 Å². The maximum atomic E-state index is 12.3. The largest absolute Gasteiger partial charge is 0.363 e. The average Bonchev–Trinajstić information content (AvgIpc) is 3.18. The molecule has 3 rings (SSSR count). The number of hydrogen-bond acceptors (Lipinski definition) is 4. The number of nitrogens with zero attached hydrogens (tertiary/aromatic N) is 1. The molecule has 3 aromatic rings. The van der Waals surface area contributed by atoms with E-state index in [4.69, 9.17) is 4.52 Å². The fraction of sp³-hybridized carbons (Fsp3) is 0. The van der Waals surface area contributed by atoms with Gasteiger partial charge in [-0.3, -0.25) is 9.59 Å². The van der Waals surface area contributed by atoms with E-state index in [2.05, 4.69) is 10.1 Å². The van der Waals surface area contributed by atoms with E-state index in [1.807, 2.05) is 6.07 Å². The van der Waals surface area contributed by atoms with Crippen LogP contribution >= 0.6 is 0 Å². The number of H-pyrrole nitrogens is 1. The lowest BCUT2D eigenvalue weighted by Gasteiger charge is -1.99. The Balaban J connectivity index is 1.99. The Labute approximate surface area is 114 Å².